The van der Waals surface area contributed by atoms with Gasteiger partial charge >= 0.3 is 0 Å². The van der Waals surface area contributed by atoms with Crippen molar-refractivity contribution in [3.63, 3.8) is 0 Å². The van der Waals surface area contributed by atoms with Crippen molar-refractivity contribution in [2.75, 3.05) is 60.9 Å². The number of carbonyl (C=O) groups excluding carboxylic acids is 1. The Balaban J connectivity index is 1.09. The van der Waals surface area contributed by atoms with Gasteiger partial charge in [-0.3, -0.25) is 9.69 Å². The minimum atomic E-state index is 0.0403. The first-order chi connectivity index (χ1) is 19.6. The zero-order chi connectivity index (χ0) is 27.7. The maximum absolute atomic E-state index is 12.9. The maximum atomic E-state index is 12.9. The molecule has 0 spiro atoms. The average molecular weight is 546 g/mol. The third-order valence-electron chi connectivity index (χ3n) is 8.34. The van der Waals surface area contributed by atoms with Crippen LogP contribution in [0.5, 0.6) is 0 Å². The van der Waals surface area contributed by atoms with Gasteiger partial charge in [0.2, 0.25) is 11.9 Å². The number of rotatable bonds is 12. The lowest BCUT2D eigenvalue weighted by Crippen LogP contribution is -2.49. The van der Waals surface area contributed by atoms with Crippen molar-refractivity contribution < 1.29 is 4.79 Å². The number of piperidine rings is 1. The van der Waals surface area contributed by atoms with Crippen LogP contribution >= 0.6 is 0 Å². The van der Waals surface area contributed by atoms with Crippen molar-refractivity contribution in [2.24, 2.45) is 0 Å². The highest BCUT2D eigenvalue weighted by Gasteiger charge is 2.22. The molecule has 1 amide bonds. The van der Waals surface area contributed by atoms with E-state index in [9.17, 15) is 4.79 Å². The SMILES string of the molecule is CCCCCCCCn1ccc2cc(NC(=O)CN3CCN(c4nc(C)cc(N5CCCCC5)n4)CC3)ccc21. The zero-order valence-corrected chi connectivity index (χ0v) is 24.6. The van der Waals surface area contributed by atoms with Gasteiger partial charge in [-0.15, -0.1) is 0 Å². The first kappa shape index (κ1) is 28.4. The van der Waals surface area contributed by atoms with Gasteiger partial charge in [0.1, 0.15) is 5.82 Å². The van der Waals surface area contributed by atoms with Crippen LogP contribution in [0.25, 0.3) is 10.9 Å². The number of unbranched alkanes of at least 4 members (excludes halogenated alkanes) is 5. The van der Waals surface area contributed by atoms with Crippen molar-refractivity contribution >= 4 is 34.3 Å². The zero-order valence-electron chi connectivity index (χ0n) is 24.6. The molecular formula is C32H47N7O. The summed E-state index contributed by atoms with van der Waals surface area (Å²) >= 11 is 0. The standard InChI is InChI=1S/C32H47N7O/c1-3-4-5-6-7-9-15-37-18-14-27-24-28(12-13-29(27)37)34-31(40)25-36-19-21-39(22-20-36)32-33-26(2)23-30(35-32)38-16-10-8-11-17-38/h12-14,18,23-24H,3-11,15-17,19-22,25H2,1-2H3,(H,34,40). The third-order valence-corrected chi connectivity index (χ3v) is 8.34. The largest absolute Gasteiger partial charge is 0.356 e. The van der Waals surface area contributed by atoms with E-state index >= 15 is 0 Å². The predicted molar refractivity (Wildman–Crippen MR) is 165 cm³/mol. The minimum absolute atomic E-state index is 0.0403. The van der Waals surface area contributed by atoms with Gasteiger partial charge in [0, 0.05) is 80.4 Å². The number of amides is 1. The monoisotopic (exact) mass is 545 g/mol. The van der Waals surface area contributed by atoms with Gasteiger partial charge in [0.05, 0.1) is 6.54 Å². The molecule has 3 aromatic rings. The fourth-order valence-corrected chi connectivity index (χ4v) is 6.01. The first-order valence-corrected chi connectivity index (χ1v) is 15.6. The van der Waals surface area contributed by atoms with Gasteiger partial charge in [-0.2, -0.15) is 4.98 Å². The molecule has 2 aliphatic rings. The Morgan fingerprint density at radius 1 is 0.850 bits per heavy atom. The summed E-state index contributed by atoms with van der Waals surface area (Å²) in [5.41, 5.74) is 3.12. The number of hydrogen-bond acceptors (Lipinski definition) is 6. The van der Waals surface area contributed by atoms with Gasteiger partial charge in [-0.05, 0) is 56.9 Å². The molecule has 2 fully saturated rings. The highest BCUT2D eigenvalue weighted by atomic mass is 16.2. The fourth-order valence-electron chi connectivity index (χ4n) is 6.01. The van der Waals surface area contributed by atoms with E-state index in [0.29, 0.717) is 6.54 Å². The van der Waals surface area contributed by atoms with Crippen LogP contribution in [-0.4, -0.2) is 71.2 Å². The van der Waals surface area contributed by atoms with Crippen molar-refractivity contribution in [2.45, 2.75) is 78.2 Å². The molecule has 2 aromatic heterocycles. The van der Waals surface area contributed by atoms with Crippen LogP contribution in [0, 0.1) is 6.92 Å². The number of nitrogens with one attached hydrogen (secondary N) is 1. The summed E-state index contributed by atoms with van der Waals surface area (Å²) in [6.45, 7) is 11.2. The summed E-state index contributed by atoms with van der Waals surface area (Å²) in [4.78, 5) is 29.4. The number of carbonyl (C=O) groups is 1. The smallest absolute Gasteiger partial charge is 0.238 e. The second-order valence-electron chi connectivity index (χ2n) is 11.6. The molecule has 5 rings (SSSR count). The van der Waals surface area contributed by atoms with Crippen molar-refractivity contribution in [1.29, 1.82) is 0 Å². The Labute approximate surface area is 239 Å². The summed E-state index contributed by atoms with van der Waals surface area (Å²) < 4.78 is 2.34. The van der Waals surface area contributed by atoms with E-state index < -0.39 is 0 Å². The molecule has 1 N–H and O–H groups in total. The predicted octanol–water partition coefficient (Wildman–Crippen LogP) is 5.85. The van der Waals surface area contributed by atoms with E-state index in [1.165, 1.54) is 68.7 Å². The molecule has 0 atom stereocenters. The van der Waals surface area contributed by atoms with E-state index in [2.05, 4.69) is 68.9 Å². The van der Waals surface area contributed by atoms with Gasteiger partial charge in [-0.25, -0.2) is 4.98 Å². The number of anilines is 3. The Morgan fingerprint density at radius 2 is 1.62 bits per heavy atom. The summed E-state index contributed by atoms with van der Waals surface area (Å²) in [7, 11) is 0. The number of hydrogen-bond donors (Lipinski definition) is 1. The Kier molecular flexibility index (Phi) is 9.92. The number of aryl methyl sites for hydroxylation is 2. The molecule has 8 heteroatoms. The quantitative estimate of drug-likeness (QED) is 0.288. The van der Waals surface area contributed by atoms with Crippen LogP contribution in [0.15, 0.2) is 36.5 Å². The number of nitrogens with zero attached hydrogens (tertiary/aromatic N) is 6. The highest BCUT2D eigenvalue weighted by Crippen LogP contribution is 2.23. The van der Waals surface area contributed by atoms with E-state index in [1.807, 2.05) is 6.07 Å². The Morgan fingerprint density at radius 3 is 2.42 bits per heavy atom. The fraction of sp³-hybridized carbons (Fsp3) is 0.594. The second kappa shape index (κ2) is 14.0. The molecule has 8 nitrogen and oxygen atoms in total. The van der Waals surface area contributed by atoms with Crippen LogP contribution in [-0.2, 0) is 11.3 Å². The van der Waals surface area contributed by atoms with E-state index in [1.54, 1.807) is 0 Å². The normalized spacial score (nSPS) is 16.6. The minimum Gasteiger partial charge on any atom is -0.356 e. The molecule has 216 valence electrons. The van der Waals surface area contributed by atoms with Crippen LogP contribution in [0.4, 0.5) is 17.5 Å². The number of fused-ring (bicyclic) bond motifs is 1. The van der Waals surface area contributed by atoms with Gasteiger partial charge in [0.15, 0.2) is 0 Å². The van der Waals surface area contributed by atoms with Crippen molar-refractivity contribution in [3.8, 4) is 0 Å². The summed E-state index contributed by atoms with van der Waals surface area (Å²) in [6, 6.07) is 10.5. The molecule has 2 saturated heterocycles. The Hall–Kier alpha value is -3.13. The van der Waals surface area contributed by atoms with Gasteiger partial charge < -0.3 is 19.7 Å². The highest BCUT2D eigenvalue weighted by molar-refractivity contribution is 5.95. The maximum Gasteiger partial charge on any atom is 0.238 e. The summed E-state index contributed by atoms with van der Waals surface area (Å²) in [6.07, 6.45) is 13.8. The third kappa shape index (κ3) is 7.53. The number of aromatic nitrogens is 3. The van der Waals surface area contributed by atoms with E-state index in [0.717, 1.165) is 69.0 Å². The average Bonchev–Trinajstić information content (AvgIpc) is 3.37. The molecule has 0 radical (unpaired) electrons. The lowest BCUT2D eigenvalue weighted by molar-refractivity contribution is -0.117. The van der Waals surface area contributed by atoms with Crippen LogP contribution < -0.4 is 15.1 Å². The lowest BCUT2D eigenvalue weighted by Gasteiger charge is -2.35. The molecule has 0 saturated carbocycles. The topological polar surface area (TPSA) is 69.5 Å². The Bertz CT molecular complexity index is 1240. The summed E-state index contributed by atoms with van der Waals surface area (Å²) in [5, 5.41) is 4.30. The number of benzene rings is 1. The second-order valence-corrected chi connectivity index (χ2v) is 11.6. The lowest BCUT2D eigenvalue weighted by atomic mass is 10.1. The molecule has 2 aliphatic heterocycles. The molecule has 4 heterocycles. The molecule has 0 unspecified atom stereocenters. The molecule has 0 bridgehead atoms. The molecular weight excluding hydrogens is 498 g/mol. The number of piperazine rings is 1. The molecule has 0 aliphatic carbocycles. The van der Waals surface area contributed by atoms with Gasteiger partial charge in [0.25, 0.3) is 0 Å². The molecule has 1 aromatic carbocycles. The van der Waals surface area contributed by atoms with E-state index in [-0.39, 0.29) is 5.91 Å². The van der Waals surface area contributed by atoms with Crippen molar-refractivity contribution in [3.05, 3.63) is 42.2 Å². The van der Waals surface area contributed by atoms with Crippen LogP contribution in [0.1, 0.15) is 70.4 Å². The van der Waals surface area contributed by atoms with Gasteiger partial charge in [-0.1, -0.05) is 39.0 Å². The van der Waals surface area contributed by atoms with Crippen molar-refractivity contribution in [1.82, 2.24) is 19.4 Å². The van der Waals surface area contributed by atoms with Crippen LogP contribution in [0.2, 0.25) is 0 Å². The molecule has 40 heavy (non-hydrogen) atoms. The van der Waals surface area contributed by atoms with Crippen LogP contribution in [0.3, 0.4) is 0 Å². The first-order valence-electron chi connectivity index (χ1n) is 15.6. The summed E-state index contributed by atoms with van der Waals surface area (Å²) in [5.74, 6) is 1.92. The van der Waals surface area contributed by atoms with E-state index in [4.69, 9.17) is 9.97 Å².